The van der Waals surface area contributed by atoms with Gasteiger partial charge < -0.3 is 20.2 Å². The van der Waals surface area contributed by atoms with Crippen LogP contribution in [0.5, 0.6) is 0 Å². The first-order valence-electron chi connectivity index (χ1n) is 9.76. The van der Waals surface area contributed by atoms with Gasteiger partial charge in [-0.05, 0) is 69.3 Å². The summed E-state index contributed by atoms with van der Waals surface area (Å²) in [6.45, 7) is 5.87. The summed E-state index contributed by atoms with van der Waals surface area (Å²) in [5.74, 6) is 0.0132. The van der Waals surface area contributed by atoms with Crippen LogP contribution in [0, 0.1) is 0 Å². The molecule has 1 aromatic rings. The van der Waals surface area contributed by atoms with E-state index in [4.69, 9.17) is 0 Å². The summed E-state index contributed by atoms with van der Waals surface area (Å²) < 4.78 is 0. The van der Waals surface area contributed by atoms with Crippen LogP contribution in [-0.4, -0.2) is 61.3 Å². The Morgan fingerprint density at radius 1 is 1.04 bits per heavy atom. The molecule has 2 aliphatic rings. The van der Waals surface area contributed by atoms with Crippen molar-refractivity contribution in [2.24, 2.45) is 0 Å². The summed E-state index contributed by atoms with van der Waals surface area (Å²) in [6.07, 6.45) is 6.42. The highest BCUT2D eigenvalue weighted by molar-refractivity contribution is 5.94. The number of anilines is 1. The number of rotatable bonds is 6. The van der Waals surface area contributed by atoms with E-state index in [2.05, 4.69) is 27.2 Å². The molecule has 1 aromatic carbocycles. The SMILES string of the molecule is O=C(NCCCN1CCC(O)CC1)c1ccc(N2CCCCC2)cc1. The molecule has 2 fully saturated rings. The lowest BCUT2D eigenvalue weighted by molar-refractivity contribution is 0.0816. The van der Waals surface area contributed by atoms with Crippen LogP contribution < -0.4 is 10.2 Å². The average molecular weight is 345 g/mol. The first-order chi connectivity index (χ1) is 12.2. The molecule has 0 unspecified atom stereocenters. The van der Waals surface area contributed by atoms with Crippen molar-refractivity contribution in [3.05, 3.63) is 29.8 Å². The fourth-order valence-corrected chi connectivity index (χ4v) is 3.73. The zero-order valence-corrected chi connectivity index (χ0v) is 15.1. The van der Waals surface area contributed by atoms with Gasteiger partial charge in [0.15, 0.2) is 0 Å². The average Bonchev–Trinajstić information content (AvgIpc) is 2.67. The number of piperidine rings is 2. The van der Waals surface area contributed by atoms with Crippen molar-refractivity contribution in [1.29, 1.82) is 0 Å². The molecule has 2 aliphatic heterocycles. The number of nitrogens with zero attached hydrogens (tertiary/aromatic N) is 2. The number of aliphatic hydroxyl groups excluding tert-OH is 1. The van der Waals surface area contributed by atoms with Crippen LogP contribution >= 0.6 is 0 Å². The van der Waals surface area contributed by atoms with E-state index in [9.17, 15) is 9.90 Å². The van der Waals surface area contributed by atoms with Crippen molar-refractivity contribution in [3.63, 3.8) is 0 Å². The summed E-state index contributed by atoms with van der Waals surface area (Å²) in [5.41, 5.74) is 1.96. The van der Waals surface area contributed by atoms with E-state index >= 15 is 0 Å². The number of benzene rings is 1. The second-order valence-electron chi connectivity index (χ2n) is 7.28. The molecule has 25 heavy (non-hydrogen) atoms. The van der Waals surface area contributed by atoms with Crippen LogP contribution in [0.15, 0.2) is 24.3 Å². The normalized spacial score (nSPS) is 19.8. The highest BCUT2D eigenvalue weighted by Gasteiger charge is 2.16. The van der Waals surface area contributed by atoms with Gasteiger partial charge in [-0.3, -0.25) is 4.79 Å². The van der Waals surface area contributed by atoms with Gasteiger partial charge in [0.05, 0.1) is 6.10 Å². The van der Waals surface area contributed by atoms with E-state index in [1.54, 1.807) is 0 Å². The van der Waals surface area contributed by atoms with Crippen LogP contribution in [0.4, 0.5) is 5.69 Å². The Hall–Kier alpha value is -1.59. The zero-order chi connectivity index (χ0) is 17.5. The summed E-state index contributed by atoms with van der Waals surface area (Å²) in [5, 5.41) is 12.5. The minimum absolute atomic E-state index is 0.0132. The van der Waals surface area contributed by atoms with Gasteiger partial charge in [-0.2, -0.15) is 0 Å². The molecule has 5 nitrogen and oxygen atoms in total. The van der Waals surface area contributed by atoms with Gasteiger partial charge in [-0.25, -0.2) is 0 Å². The van der Waals surface area contributed by atoms with Crippen LogP contribution in [0.2, 0.25) is 0 Å². The van der Waals surface area contributed by atoms with Crippen molar-refractivity contribution in [2.75, 3.05) is 44.2 Å². The molecule has 0 saturated carbocycles. The van der Waals surface area contributed by atoms with Crippen LogP contribution in [0.25, 0.3) is 0 Å². The molecule has 0 atom stereocenters. The maximum atomic E-state index is 12.3. The monoisotopic (exact) mass is 345 g/mol. The fraction of sp³-hybridized carbons (Fsp3) is 0.650. The Kier molecular flexibility index (Phi) is 6.70. The number of carbonyl (C=O) groups excluding carboxylic acids is 1. The van der Waals surface area contributed by atoms with E-state index in [0.29, 0.717) is 6.54 Å². The molecule has 5 heteroatoms. The second kappa shape index (κ2) is 9.20. The highest BCUT2D eigenvalue weighted by atomic mass is 16.3. The van der Waals surface area contributed by atoms with Gasteiger partial charge in [-0.15, -0.1) is 0 Å². The number of carbonyl (C=O) groups is 1. The largest absolute Gasteiger partial charge is 0.393 e. The Labute approximate surface area is 151 Å². The smallest absolute Gasteiger partial charge is 0.251 e. The molecule has 2 saturated heterocycles. The molecule has 1 amide bonds. The van der Waals surface area contributed by atoms with Gasteiger partial charge in [-0.1, -0.05) is 0 Å². The number of hydrogen-bond donors (Lipinski definition) is 2. The number of aliphatic hydroxyl groups is 1. The van der Waals surface area contributed by atoms with Crippen molar-refractivity contribution >= 4 is 11.6 Å². The van der Waals surface area contributed by atoms with Gasteiger partial charge in [0.25, 0.3) is 5.91 Å². The molecule has 2 heterocycles. The highest BCUT2D eigenvalue weighted by Crippen LogP contribution is 2.20. The molecular weight excluding hydrogens is 314 g/mol. The molecule has 0 bridgehead atoms. The summed E-state index contributed by atoms with van der Waals surface area (Å²) in [6, 6.07) is 8.01. The molecule has 0 spiro atoms. The lowest BCUT2D eigenvalue weighted by Gasteiger charge is -2.29. The third-order valence-electron chi connectivity index (χ3n) is 5.34. The van der Waals surface area contributed by atoms with Gasteiger partial charge in [0, 0.05) is 44.0 Å². The first-order valence-corrected chi connectivity index (χ1v) is 9.76. The van der Waals surface area contributed by atoms with Crippen LogP contribution in [-0.2, 0) is 0 Å². The Balaban J connectivity index is 1.37. The maximum absolute atomic E-state index is 12.3. The maximum Gasteiger partial charge on any atom is 0.251 e. The molecule has 138 valence electrons. The van der Waals surface area contributed by atoms with Crippen molar-refractivity contribution < 1.29 is 9.90 Å². The zero-order valence-electron chi connectivity index (χ0n) is 15.1. The summed E-state index contributed by atoms with van der Waals surface area (Å²) in [4.78, 5) is 17.0. The quantitative estimate of drug-likeness (QED) is 0.777. The Morgan fingerprint density at radius 2 is 1.72 bits per heavy atom. The Morgan fingerprint density at radius 3 is 2.40 bits per heavy atom. The lowest BCUT2D eigenvalue weighted by Crippen LogP contribution is -2.37. The Bertz CT molecular complexity index is 532. The number of amides is 1. The predicted molar refractivity (Wildman–Crippen MR) is 101 cm³/mol. The summed E-state index contributed by atoms with van der Waals surface area (Å²) >= 11 is 0. The first kappa shape index (κ1) is 18.2. The van der Waals surface area contributed by atoms with Crippen LogP contribution in [0.1, 0.15) is 48.9 Å². The topological polar surface area (TPSA) is 55.8 Å². The van der Waals surface area contributed by atoms with E-state index in [-0.39, 0.29) is 12.0 Å². The van der Waals surface area contributed by atoms with E-state index < -0.39 is 0 Å². The third kappa shape index (κ3) is 5.44. The third-order valence-corrected chi connectivity index (χ3v) is 5.34. The minimum atomic E-state index is -0.121. The molecule has 2 N–H and O–H groups in total. The molecule has 0 aliphatic carbocycles. The minimum Gasteiger partial charge on any atom is -0.393 e. The number of nitrogens with one attached hydrogen (secondary N) is 1. The van der Waals surface area contributed by atoms with Gasteiger partial charge >= 0.3 is 0 Å². The standard InChI is InChI=1S/C20H31N3O2/c24-19-9-15-22(16-10-19)12-4-11-21-20(25)17-5-7-18(8-6-17)23-13-2-1-3-14-23/h5-8,19,24H,1-4,9-16H2,(H,21,25). The lowest BCUT2D eigenvalue weighted by atomic mass is 10.1. The van der Waals surface area contributed by atoms with Crippen molar-refractivity contribution in [2.45, 2.75) is 44.6 Å². The molecule has 0 aromatic heterocycles. The van der Waals surface area contributed by atoms with Crippen molar-refractivity contribution in [3.8, 4) is 0 Å². The van der Waals surface area contributed by atoms with Crippen molar-refractivity contribution in [1.82, 2.24) is 10.2 Å². The molecular formula is C20H31N3O2. The van der Waals surface area contributed by atoms with Gasteiger partial charge in [0.1, 0.15) is 0 Å². The second-order valence-corrected chi connectivity index (χ2v) is 7.28. The molecule has 3 rings (SSSR count). The summed E-state index contributed by atoms with van der Waals surface area (Å²) in [7, 11) is 0. The molecule has 0 radical (unpaired) electrons. The van der Waals surface area contributed by atoms with E-state index in [1.165, 1.54) is 24.9 Å². The van der Waals surface area contributed by atoms with Crippen LogP contribution in [0.3, 0.4) is 0 Å². The van der Waals surface area contributed by atoms with E-state index in [0.717, 1.165) is 57.5 Å². The predicted octanol–water partition coefficient (Wildman–Crippen LogP) is 2.25. The number of likely N-dealkylation sites (tertiary alicyclic amines) is 1. The van der Waals surface area contributed by atoms with E-state index in [1.807, 2.05) is 12.1 Å². The number of hydrogen-bond acceptors (Lipinski definition) is 4. The van der Waals surface area contributed by atoms with Gasteiger partial charge in [0.2, 0.25) is 0 Å². The fourth-order valence-electron chi connectivity index (χ4n) is 3.73.